The molecule has 0 aliphatic carbocycles. The van der Waals surface area contributed by atoms with Gasteiger partial charge in [-0.25, -0.2) is 14.8 Å². The molecular formula is C11H7N5O2. The van der Waals surface area contributed by atoms with E-state index in [0.717, 1.165) is 5.56 Å². The highest BCUT2D eigenvalue weighted by molar-refractivity contribution is 5.71. The van der Waals surface area contributed by atoms with E-state index in [1.807, 2.05) is 6.07 Å². The Kier molecular flexibility index (Phi) is 2.23. The van der Waals surface area contributed by atoms with Gasteiger partial charge in [0, 0.05) is 18.0 Å². The number of nitrogens with one attached hydrogen (secondary N) is 2. The summed E-state index contributed by atoms with van der Waals surface area (Å²) in [5.41, 5.74) is 0.362. The first-order valence-electron chi connectivity index (χ1n) is 5.14. The van der Waals surface area contributed by atoms with Gasteiger partial charge in [0.15, 0.2) is 11.2 Å². The molecule has 0 bridgehead atoms. The van der Waals surface area contributed by atoms with Crippen LogP contribution in [0.2, 0.25) is 0 Å². The lowest BCUT2D eigenvalue weighted by Gasteiger charge is -2.00. The predicted molar refractivity (Wildman–Crippen MR) is 64.0 cm³/mol. The maximum Gasteiger partial charge on any atom is 0.327 e. The topological polar surface area (TPSA) is 104 Å². The van der Waals surface area contributed by atoms with Crippen LogP contribution in [-0.4, -0.2) is 24.9 Å². The maximum atomic E-state index is 11.6. The van der Waals surface area contributed by atoms with Gasteiger partial charge in [-0.1, -0.05) is 0 Å². The molecular weight excluding hydrogens is 234 g/mol. The molecule has 3 aromatic rings. The van der Waals surface area contributed by atoms with Crippen LogP contribution in [-0.2, 0) is 0 Å². The molecule has 18 heavy (non-hydrogen) atoms. The van der Waals surface area contributed by atoms with E-state index in [4.69, 9.17) is 0 Å². The SMILES string of the molecule is O=c1[nH]c(=O)c2nc(-c3cccnc3)cnc2[nH]1. The number of fused-ring (bicyclic) bond motifs is 1. The van der Waals surface area contributed by atoms with Gasteiger partial charge in [0.05, 0.1) is 11.9 Å². The summed E-state index contributed by atoms with van der Waals surface area (Å²) in [4.78, 5) is 39.3. The van der Waals surface area contributed by atoms with Crippen LogP contribution in [0.4, 0.5) is 0 Å². The number of nitrogens with zero attached hydrogens (tertiary/aromatic N) is 3. The van der Waals surface area contributed by atoms with Gasteiger partial charge in [0.2, 0.25) is 0 Å². The molecule has 0 spiro atoms. The smallest absolute Gasteiger partial charge is 0.290 e. The number of hydrogen-bond acceptors (Lipinski definition) is 5. The molecule has 0 atom stereocenters. The molecule has 88 valence electrons. The van der Waals surface area contributed by atoms with E-state index in [1.165, 1.54) is 6.20 Å². The summed E-state index contributed by atoms with van der Waals surface area (Å²) in [7, 11) is 0. The number of hydrogen-bond donors (Lipinski definition) is 2. The highest BCUT2D eigenvalue weighted by atomic mass is 16.2. The summed E-state index contributed by atoms with van der Waals surface area (Å²) < 4.78 is 0. The summed E-state index contributed by atoms with van der Waals surface area (Å²) in [5, 5.41) is 0. The second-order valence-electron chi connectivity index (χ2n) is 3.60. The van der Waals surface area contributed by atoms with Crippen LogP contribution in [0.15, 0.2) is 40.3 Å². The monoisotopic (exact) mass is 241 g/mol. The Balaban J connectivity index is 2.30. The van der Waals surface area contributed by atoms with Crippen molar-refractivity contribution in [2.24, 2.45) is 0 Å². The van der Waals surface area contributed by atoms with Gasteiger partial charge in [0.1, 0.15) is 0 Å². The first kappa shape index (κ1) is 10.3. The summed E-state index contributed by atoms with van der Waals surface area (Å²) >= 11 is 0. The second-order valence-corrected chi connectivity index (χ2v) is 3.60. The minimum atomic E-state index is -0.601. The van der Waals surface area contributed by atoms with Crippen LogP contribution in [0, 0.1) is 0 Å². The fourth-order valence-electron chi connectivity index (χ4n) is 1.59. The van der Waals surface area contributed by atoms with Crippen molar-refractivity contribution in [1.82, 2.24) is 24.9 Å². The van der Waals surface area contributed by atoms with Crippen LogP contribution in [0.25, 0.3) is 22.4 Å². The molecule has 0 aliphatic rings. The largest absolute Gasteiger partial charge is 0.327 e. The zero-order valence-electron chi connectivity index (χ0n) is 9.04. The summed E-state index contributed by atoms with van der Waals surface area (Å²) in [6.45, 7) is 0. The Morgan fingerprint density at radius 2 is 2.00 bits per heavy atom. The van der Waals surface area contributed by atoms with E-state index in [9.17, 15) is 9.59 Å². The molecule has 3 rings (SSSR count). The molecule has 3 heterocycles. The Hall–Kier alpha value is -2.83. The standard InChI is InChI=1S/C11H7N5O2/c17-10-8-9(15-11(18)16-10)13-5-7(14-8)6-2-1-3-12-4-6/h1-5H,(H2,13,15,16,17,18). The first-order valence-corrected chi connectivity index (χ1v) is 5.14. The van der Waals surface area contributed by atoms with Crippen LogP contribution in [0.1, 0.15) is 0 Å². The van der Waals surface area contributed by atoms with E-state index < -0.39 is 11.2 Å². The quantitative estimate of drug-likeness (QED) is 0.627. The van der Waals surface area contributed by atoms with Crippen LogP contribution < -0.4 is 11.2 Å². The maximum absolute atomic E-state index is 11.6. The van der Waals surface area contributed by atoms with E-state index >= 15 is 0 Å². The molecule has 0 fully saturated rings. The van der Waals surface area contributed by atoms with Crippen molar-refractivity contribution in [3.05, 3.63) is 51.6 Å². The van der Waals surface area contributed by atoms with E-state index in [-0.39, 0.29) is 11.2 Å². The lowest BCUT2D eigenvalue weighted by molar-refractivity contribution is 1.04. The third-order valence-electron chi connectivity index (χ3n) is 2.40. The number of pyridine rings is 1. The Bertz CT molecular complexity index is 822. The van der Waals surface area contributed by atoms with E-state index in [1.54, 1.807) is 18.5 Å². The van der Waals surface area contributed by atoms with Gasteiger partial charge in [-0.15, -0.1) is 0 Å². The van der Waals surface area contributed by atoms with Crippen molar-refractivity contribution in [2.75, 3.05) is 0 Å². The normalized spacial score (nSPS) is 10.7. The van der Waals surface area contributed by atoms with Gasteiger partial charge in [-0.05, 0) is 12.1 Å². The summed E-state index contributed by atoms with van der Waals surface area (Å²) in [5.74, 6) is 0. The van der Waals surface area contributed by atoms with Crippen LogP contribution in [0.5, 0.6) is 0 Å². The number of aromatic nitrogens is 5. The minimum Gasteiger partial charge on any atom is -0.290 e. The van der Waals surface area contributed by atoms with Crippen LogP contribution in [0.3, 0.4) is 0 Å². The minimum absolute atomic E-state index is 0.0935. The van der Waals surface area contributed by atoms with Gasteiger partial charge in [-0.3, -0.25) is 19.7 Å². The molecule has 0 aromatic carbocycles. The van der Waals surface area contributed by atoms with Crippen molar-refractivity contribution in [3.63, 3.8) is 0 Å². The number of aromatic amines is 2. The zero-order valence-corrected chi connectivity index (χ0v) is 9.04. The summed E-state index contributed by atoms with van der Waals surface area (Å²) in [6, 6.07) is 3.57. The zero-order chi connectivity index (χ0) is 12.5. The van der Waals surface area contributed by atoms with Gasteiger partial charge >= 0.3 is 5.69 Å². The van der Waals surface area contributed by atoms with Crippen molar-refractivity contribution >= 4 is 11.2 Å². The Morgan fingerprint density at radius 1 is 1.11 bits per heavy atom. The Labute approximate surface area is 99.6 Å². The first-order chi connectivity index (χ1) is 8.74. The second kappa shape index (κ2) is 3.88. The van der Waals surface area contributed by atoms with Crippen LogP contribution >= 0.6 is 0 Å². The average Bonchev–Trinajstić information content (AvgIpc) is 2.39. The highest BCUT2D eigenvalue weighted by Crippen LogP contribution is 2.14. The van der Waals surface area contributed by atoms with E-state index in [0.29, 0.717) is 5.69 Å². The molecule has 0 amide bonds. The fourth-order valence-corrected chi connectivity index (χ4v) is 1.59. The molecule has 3 aromatic heterocycles. The molecule has 0 radical (unpaired) electrons. The fraction of sp³-hybridized carbons (Fsp3) is 0. The van der Waals surface area contributed by atoms with Gasteiger partial charge in [-0.2, -0.15) is 0 Å². The van der Waals surface area contributed by atoms with Gasteiger partial charge in [0.25, 0.3) is 5.56 Å². The summed E-state index contributed by atoms with van der Waals surface area (Å²) in [6.07, 6.45) is 4.74. The number of H-pyrrole nitrogens is 2. The molecule has 0 saturated carbocycles. The third kappa shape index (κ3) is 1.67. The Morgan fingerprint density at radius 3 is 2.78 bits per heavy atom. The molecule has 2 N–H and O–H groups in total. The highest BCUT2D eigenvalue weighted by Gasteiger charge is 2.06. The van der Waals surface area contributed by atoms with Crippen molar-refractivity contribution in [1.29, 1.82) is 0 Å². The molecule has 0 aliphatic heterocycles. The van der Waals surface area contributed by atoms with Crippen molar-refractivity contribution in [2.45, 2.75) is 0 Å². The van der Waals surface area contributed by atoms with Crippen molar-refractivity contribution < 1.29 is 0 Å². The predicted octanol–water partition coefficient (Wildman–Crippen LogP) is 0.0684. The molecule has 7 nitrogen and oxygen atoms in total. The number of rotatable bonds is 1. The molecule has 7 heteroatoms. The van der Waals surface area contributed by atoms with Crippen molar-refractivity contribution in [3.8, 4) is 11.3 Å². The average molecular weight is 241 g/mol. The van der Waals surface area contributed by atoms with E-state index in [2.05, 4.69) is 24.9 Å². The van der Waals surface area contributed by atoms with Gasteiger partial charge < -0.3 is 0 Å². The lowest BCUT2D eigenvalue weighted by Crippen LogP contribution is -2.23. The lowest BCUT2D eigenvalue weighted by atomic mass is 10.2. The molecule has 0 saturated heterocycles. The molecule has 0 unspecified atom stereocenters. The third-order valence-corrected chi connectivity index (χ3v) is 2.40.